The van der Waals surface area contributed by atoms with Gasteiger partial charge in [0.05, 0.1) is 12.3 Å². The molecule has 0 saturated carbocycles. The molecule has 1 atom stereocenters. The van der Waals surface area contributed by atoms with E-state index in [1.807, 2.05) is 12.1 Å². The van der Waals surface area contributed by atoms with Gasteiger partial charge >= 0.3 is 0 Å². The van der Waals surface area contributed by atoms with Crippen molar-refractivity contribution in [3.63, 3.8) is 0 Å². The summed E-state index contributed by atoms with van der Waals surface area (Å²) in [6.45, 7) is 11.2. The zero-order valence-corrected chi connectivity index (χ0v) is 12.9. The van der Waals surface area contributed by atoms with E-state index < -0.39 is 10.8 Å². The van der Waals surface area contributed by atoms with E-state index in [2.05, 4.69) is 39.9 Å². The molecule has 1 aromatic rings. The van der Waals surface area contributed by atoms with Crippen molar-refractivity contribution in [1.82, 2.24) is 5.32 Å². The SMILES string of the molecule is CC(C)CS(=O)Cc1ccc(CNC(C)(C)C)o1. The first kappa shape index (κ1) is 15.4. The normalized spacial score (nSPS) is 14.1. The Morgan fingerprint density at radius 2 is 1.89 bits per heavy atom. The van der Waals surface area contributed by atoms with E-state index in [4.69, 9.17) is 4.42 Å². The Morgan fingerprint density at radius 3 is 2.44 bits per heavy atom. The Morgan fingerprint density at radius 1 is 1.28 bits per heavy atom. The number of hydrogen-bond acceptors (Lipinski definition) is 3. The first-order chi connectivity index (χ1) is 8.26. The van der Waals surface area contributed by atoms with Gasteiger partial charge in [-0.15, -0.1) is 0 Å². The van der Waals surface area contributed by atoms with E-state index in [0.717, 1.165) is 17.3 Å². The predicted molar refractivity (Wildman–Crippen MR) is 76.9 cm³/mol. The zero-order chi connectivity index (χ0) is 13.8. The lowest BCUT2D eigenvalue weighted by Crippen LogP contribution is -2.34. The summed E-state index contributed by atoms with van der Waals surface area (Å²) in [5.41, 5.74) is 0.0768. The average molecular weight is 271 g/mol. The smallest absolute Gasteiger partial charge is 0.118 e. The van der Waals surface area contributed by atoms with Crippen molar-refractivity contribution in [2.45, 2.75) is 52.5 Å². The van der Waals surface area contributed by atoms with Crippen molar-refractivity contribution < 1.29 is 8.63 Å². The molecule has 1 unspecified atom stereocenters. The van der Waals surface area contributed by atoms with Crippen molar-refractivity contribution >= 4 is 10.8 Å². The van der Waals surface area contributed by atoms with Crippen LogP contribution in [0.4, 0.5) is 0 Å². The van der Waals surface area contributed by atoms with Crippen LogP contribution in [0, 0.1) is 5.92 Å². The highest BCUT2D eigenvalue weighted by Crippen LogP contribution is 2.12. The predicted octanol–water partition coefficient (Wildman–Crippen LogP) is 3.07. The summed E-state index contributed by atoms with van der Waals surface area (Å²) in [6.07, 6.45) is 0. The molecule has 0 aliphatic heterocycles. The minimum absolute atomic E-state index is 0.0768. The molecule has 0 spiro atoms. The Balaban J connectivity index is 2.46. The second-order valence-corrected chi connectivity index (χ2v) is 7.62. The third-order valence-electron chi connectivity index (χ3n) is 2.33. The van der Waals surface area contributed by atoms with Crippen LogP contribution < -0.4 is 5.32 Å². The molecule has 18 heavy (non-hydrogen) atoms. The van der Waals surface area contributed by atoms with Crippen molar-refractivity contribution in [1.29, 1.82) is 0 Å². The van der Waals surface area contributed by atoms with Crippen molar-refractivity contribution in [2.24, 2.45) is 5.92 Å². The molecule has 1 aromatic heterocycles. The van der Waals surface area contributed by atoms with E-state index >= 15 is 0 Å². The van der Waals surface area contributed by atoms with Crippen LogP contribution in [0.1, 0.15) is 46.1 Å². The van der Waals surface area contributed by atoms with Crippen molar-refractivity contribution in [2.75, 3.05) is 5.75 Å². The lowest BCUT2D eigenvalue weighted by atomic mass is 10.1. The molecule has 1 rings (SSSR count). The molecule has 0 aromatic carbocycles. The van der Waals surface area contributed by atoms with E-state index in [1.165, 1.54) is 0 Å². The molecule has 3 nitrogen and oxygen atoms in total. The quantitative estimate of drug-likeness (QED) is 0.864. The van der Waals surface area contributed by atoms with Crippen LogP contribution in [-0.2, 0) is 23.1 Å². The van der Waals surface area contributed by atoms with Gasteiger partial charge in [-0.05, 0) is 38.8 Å². The van der Waals surface area contributed by atoms with Gasteiger partial charge in [-0.3, -0.25) is 4.21 Å². The molecule has 0 bridgehead atoms. The van der Waals surface area contributed by atoms with Gasteiger partial charge in [0.2, 0.25) is 0 Å². The molecule has 0 fully saturated rings. The standard InChI is InChI=1S/C14H25NO2S/c1-11(2)9-18(16)10-13-7-6-12(17-13)8-15-14(3,4)5/h6-7,11,15H,8-10H2,1-5H3. The second-order valence-electron chi connectivity index (χ2n) is 6.12. The van der Waals surface area contributed by atoms with Crippen LogP contribution in [0.2, 0.25) is 0 Å². The topological polar surface area (TPSA) is 42.2 Å². The van der Waals surface area contributed by atoms with Crippen LogP contribution in [0.3, 0.4) is 0 Å². The van der Waals surface area contributed by atoms with E-state index in [0.29, 0.717) is 18.2 Å². The van der Waals surface area contributed by atoms with Gasteiger partial charge in [0, 0.05) is 22.1 Å². The molecular formula is C14H25NO2S. The fraction of sp³-hybridized carbons (Fsp3) is 0.714. The van der Waals surface area contributed by atoms with Gasteiger partial charge < -0.3 is 9.73 Å². The third kappa shape index (κ3) is 6.36. The van der Waals surface area contributed by atoms with Gasteiger partial charge in [0.25, 0.3) is 0 Å². The molecule has 0 aliphatic carbocycles. The summed E-state index contributed by atoms with van der Waals surface area (Å²) < 4.78 is 17.5. The summed E-state index contributed by atoms with van der Waals surface area (Å²) in [5.74, 6) is 3.44. The molecule has 0 radical (unpaired) electrons. The largest absolute Gasteiger partial charge is 0.464 e. The molecule has 0 saturated heterocycles. The lowest BCUT2D eigenvalue weighted by Gasteiger charge is -2.19. The monoisotopic (exact) mass is 271 g/mol. The zero-order valence-electron chi connectivity index (χ0n) is 12.1. The highest BCUT2D eigenvalue weighted by atomic mass is 32.2. The first-order valence-electron chi connectivity index (χ1n) is 6.44. The highest BCUT2D eigenvalue weighted by Gasteiger charge is 2.11. The van der Waals surface area contributed by atoms with E-state index in [1.54, 1.807) is 0 Å². The summed E-state index contributed by atoms with van der Waals surface area (Å²) in [7, 11) is -0.823. The maximum absolute atomic E-state index is 11.8. The third-order valence-corrected chi connectivity index (χ3v) is 3.98. The molecule has 4 heteroatoms. The van der Waals surface area contributed by atoms with Gasteiger partial charge in [-0.25, -0.2) is 0 Å². The Hall–Kier alpha value is -0.610. The first-order valence-corrected chi connectivity index (χ1v) is 7.92. The van der Waals surface area contributed by atoms with Gasteiger partial charge in [-0.2, -0.15) is 0 Å². The molecule has 104 valence electrons. The fourth-order valence-electron chi connectivity index (χ4n) is 1.54. The van der Waals surface area contributed by atoms with Gasteiger partial charge in [0.15, 0.2) is 0 Å². The Kier molecular flexibility index (Phi) is 5.60. The number of hydrogen-bond donors (Lipinski definition) is 1. The van der Waals surface area contributed by atoms with Gasteiger partial charge in [-0.1, -0.05) is 13.8 Å². The molecule has 1 heterocycles. The molecular weight excluding hydrogens is 246 g/mol. The molecule has 0 amide bonds. The number of rotatable bonds is 6. The number of nitrogens with one attached hydrogen (secondary N) is 1. The lowest BCUT2D eigenvalue weighted by molar-refractivity contribution is 0.382. The summed E-state index contributed by atoms with van der Waals surface area (Å²) in [5, 5.41) is 3.37. The van der Waals surface area contributed by atoms with Gasteiger partial charge in [0.1, 0.15) is 11.5 Å². The Bertz CT molecular complexity index is 391. The van der Waals surface area contributed by atoms with E-state index in [9.17, 15) is 4.21 Å². The Labute approximate surface area is 113 Å². The summed E-state index contributed by atoms with van der Waals surface area (Å²) in [4.78, 5) is 0. The van der Waals surface area contributed by atoms with Crippen molar-refractivity contribution in [3.8, 4) is 0 Å². The van der Waals surface area contributed by atoms with Crippen molar-refractivity contribution in [3.05, 3.63) is 23.7 Å². The minimum Gasteiger partial charge on any atom is -0.464 e. The molecule has 0 aliphatic rings. The van der Waals surface area contributed by atoms with Crippen LogP contribution >= 0.6 is 0 Å². The van der Waals surface area contributed by atoms with Crippen LogP contribution in [0.15, 0.2) is 16.5 Å². The molecule has 1 N–H and O–H groups in total. The fourth-order valence-corrected chi connectivity index (χ4v) is 2.87. The van der Waals surface area contributed by atoms with Crippen LogP contribution in [0.5, 0.6) is 0 Å². The second kappa shape index (κ2) is 6.53. The maximum atomic E-state index is 11.8. The van der Waals surface area contributed by atoms with Crippen LogP contribution in [0.25, 0.3) is 0 Å². The van der Waals surface area contributed by atoms with E-state index in [-0.39, 0.29) is 5.54 Å². The average Bonchev–Trinajstić information content (AvgIpc) is 2.60. The maximum Gasteiger partial charge on any atom is 0.118 e. The minimum atomic E-state index is -0.823. The van der Waals surface area contributed by atoms with Crippen LogP contribution in [-0.4, -0.2) is 15.5 Å². The summed E-state index contributed by atoms with van der Waals surface area (Å²) in [6, 6.07) is 3.89. The highest BCUT2D eigenvalue weighted by molar-refractivity contribution is 7.84. The summed E-state index contributed by atoms with van der Waals surface area (Å²) >= 11 is 0. The number of furan rings is 1.